The second kappa shape index (κ2) is 7.39. The Labute approximate surface area is 125 Å². The summed E-state index contributed by atoms with van der Waals surface area (Å²) in [7, 11) is 0. The van der Waals surface area contributed by atoms with Gasteiger partial charge in [0.25, 0.3) is 0 Å². The van der Waals surface area contributed by atoms with Crippen molar-refractivity contribution in [1.82, 2.24) is 0 Å². The lowest BCUT2D eigenvalue weighted by Gasteiger charge is -2.12. The van der Waals surface area contributed by atoms with Gasteiger partial charge in [-0.15, -0.1) is 0 Å². The number of phenolic OH excluding ortho intramolecular Hbond substituents is 1. The van der Waals surface area contributed by atoms with Gasteiger partial charge in [0, 0.05) is 0 Å². The maximum Gasteiger partial charge on any atom is 0.200 e. The van der Waals surface area contributed by atoms with Crippen LogP contribution in [-0.2, 0) is 0 Å². The Morgan fingerprint density at radius 3 is 1.90 bits per heavy atom. The van der Waals surface area contributed by atoms with E-state index in [9.17, 15) is 5.11 Å². The minimum absolute atomic E-state index is 0.0514. The molecule has 0 heterocycles. The summed E-state index contributed by atoms with van der Waals surface area (Å²) in [6.45, 7) is 4.74. The lowest BCUT2D eigenvalue weighted by atomic mass is 10.1. The second-order valence-electron chi connectivity index (χ2n) is 4.48. The van der Waals surface area contributed by atoms with Crippen LogP contribution in [0.15, 0.2) is 42.5 Å². The van der Waals surface area contributed by atoms with Crippen LogP contribution in [0.2, 0.25) is 0 Å². The third-order valence-corrected chi connectivity index (χ3v) is 2.93. The second-order valence-corrected chi connectivity index (χ2v) is 4.48. The Morgan fingerprint density at radius 1 is 0.857 bits per heavy atom. The summed E-state index contributed by atoms with van der Waals surface area (Å²) in [5.41, 5.74) is 2.03. The summed E-state index contributed by atoms with van der Waals surface area (Å²) in [5.74, 6) is 0.933. The molecule has 0 unspecified atom stereocenters. The highest BCUT2D eigenvalue weighted by atomic mass is 16.5. The van der Waals surface area contributed by atoms with Gasteiger partial charge in [0.2, 0.25) is 5.75 Å². The summed E-state index contributed by atoms with van der Waals surface area (Å²) in [4.78, 5) is 0. The molecule has 3 heteroatoms. The molecule has 2 rings (SSSR count). The van der Waals surface area contributed by atoms with E-state index in [0.717, 1.165) is 11.1 Å². The van der Waals surface area contributed by atoms with Gasteiger partial charge in [-0.2, -0.15) is 0 Å². The molecule has 0 aliphatic rings. The summed E-state index contributed by atoms with van der Waals surface area (Å²) in [6, 6.07) is 13.6. The van der Waals surface area contributed by atoms with Crippen LogP contribution in [0.3, 0.4) is 0 Å². The SMILES string of the molecule is CCOc1cc(C=Cc2ccccc2)cc(OCC)c1O. The smallest absolute Gasteiger partial charge is 0.200 e. The van der Waals surface area contributed by atoms with Crippen LogP contribution in [0, 0.1) is 0 Å². The highest BCUT2D eigenvalue weighted by molar-refractivity contribution is 5.72. The standard InChI is InChI=1S/C18H20O3/c1-3-20-16-12-15(13-17(18(16)19)21-4-2)11-10-14-8-6-5-7-9-14/h5-13,19H,3-4H2,1-2H3. The highest BCUT2D eigenvalue weighted by Gasteiger charge is 2.11. The number of ether oxygens (including phenoxy) is 2. The zero-order chi connectivity index (χ0) is 15.1. The first-order valence-corrected chi connectivity index (χ1v) is 7.10. The van der Waals surface area contributed by atoms with E-state index in [-0.39, 0.29) is 5.75 Å². The molecule has 2 aromatic rings. The molecular formula is C18H20O3. The van der Waals surface area contributed by atoms with Crippen LogP contribution >= 0.6 is 0 Å². The molecule has 110 valence electrons. The van der Waals surface area contributed by atoms with Crippen molar-refractivity contribution in [3.63, 3.8) is 0 Å². The van der Waals surface area contributed by atoms with E-state index in [1.807, 2.05) is 56.3 Å². The molecule has 3 nitrogen and oxygen atoms in total. The highest BCUT2D eigenvalue weighted by Crippen LogP contribution is 2.38. The molecule has 1 N–H and O–H groups in total. The fraction of sp³-hybridized carbons (Fsp3) is 0.222. The van der Waals surface area contributed by atoms with Crippen molar-refractivity contribution >= 4 is 12.2 Å². The summed E-state index contributed by atoms with van der Waals surface area (Å²) in [5, 5.41) is 10.1. The molecule has 0 fully saturated rings. The average Bonchev–Trinajstić information content (AvgIpc) is 2.51. The molecule has 0 spiro atoms. The van der Waals surface area contributed by atoms with Gasteiger partial charge in [-0.05, 0) is 37.1 Å². The molecular weight excluding hydrogens is 264 g/mol. The predicted octanol–water partition coefficient (Wildman–Crippen LogP) is 4.36. The molecule has 0 saturated heterocycles. The number of aromatic hydroxyl groups is 1. The summed E-state index contributed by atoms with van der Waals surface area (Å²) >= 11 is 0. The molecule has 0 aliphatic heterocycles. The van der Waals surface area contributed by atoms with Crippen LogP contribution in [0.25, 0.3) is 12.2 Å². The van der Waals surface area contributed by atoms with E-state index in [1.165, 1.54) is 0 Å². The molecule has 0 atom stereocenters. The fourth-order valence-corrected chi connectivity index (χ4v) is 1.99. The largest absolute Gasteiger partial charge is 0.502 e. The maximum atomic E-state index is 10.1. The molecule has 0 aromatic heterocycles. The summed E-state index contributed by atoms with van der Waals surface area (Å²) < 4.78 is 10.9. The predicted molar refractivity (Wildman–Crippen MR) is 85.8 cm³/mol. The van der Waals surface area contributed by atoms with Crippen molar-refractivity contribution in [1.29, 1.82) is 0 Å². The van der Waals surface area contributed by atoms with Crippen LogP contribution < -0.4 is 9.47 Å². The van der Waals surface area contributed by atoms with Gasteiger partial charge < -0.3 is 14.6 Å². The van der Waals surface area contributed by atoms with Crippen molar-refractivity contribution in [2.45, 2.75) is 13.8 Å². The van der Waals surface area contributed by atoms with Crippen molar-refractivity contribution in [2.24, 2.45) is 0 Å². The van der Waals surface area contributed by atoms with E-state index in [2.05, 4.69) is 0 Å². The maximum absolute atomic E-state index is 10.1. The van der Waals surface area contributed by atoms with Crippen LogP contribution in [0.4, 0.5) is 0 Å². The molecule has 0 aliphatic carbocycles. The van der Waals surface area contributed by atoms with Crippen molar-refractivity contribution in [3.05, 3.63) is 53.6 Å². The van der Waals surface area contributed by atoms with Crippen LogP contribution in [0.5, 0.6) is 17.2 Å². The van der Waals surface area contributed by atoms with Gasteiger partial charge in [0.05, 0.1) is 13.2 Å². The van der Waals surface area contributed by atoms with Gasteiger partial charge in [-0.25, -0.2) is 0 Å². The van der Waals surface area contributed by atoms with E-state index < -0.39 is 0 Å². The number of rotatable bonds is 6. The lowest BCUT2D eigenvalue weighted by molar-refractivity contribution is 0.289. The van der Waals surface area contributed by atoms with Crippen molar-refractivity contribution in [2.75, 3.05) is 13.2 Å². The van der Waals surface area contributed by atoms with E-state index >= 15 is 0 Å². The van der Waals surface area contributed by atoms with Gasteiger partial charge in [0.15, 0.2) is 11.5 Å². The van der Waals surface area contributed by atoms with Crippen LogP contribution in [0.1, 0.15) is 25.0 Å². The molecule has 0 amide bonds. The monoisotopic (exact) mass is 284 g/mol. The third kappa shape index (κ3) is 4.02. The van der Waals surface area contributed by atoms with Crippen LogP contribution in [-0.4, -0.2) is 18.3 Å². The molecule has 0 bridgehead atoms. The first-order valence-electron chi connectivity index (χ1n) is 7.10. The molecule has 0 radical (unpaired) electrons. The Hall–Kier alpha value is -2.42. The first-order chi connectivity index (χ1) is 10.2. The average molecular weight is 284 g/mol. The van der Waals surface area contributed by atoms with E-state index in [4.69, 9.17) is 9.47 Å². The zero-order valence-electron chi connectivity index (χ0n) is 12.4. The number of hydrogen-bond acceptors (Lipinski definition) is 3. The molecule has 0 saturated carbocycles. The summed E-state index contributed by atoms with van der Waals surface area (Å²) in [6.07, 6.45) is 3.98. The fourth-order valence-electron chi connectivity index (χ4n) is 1.99. The van der Waals surface area contributed by atoms with Crippen molar-refractivity contribution < 1.29 is 14.6 Å². The quantitative estimate of drug-likeness (QED) is 0.801. The minimum Gasteiger partial charge on any atom is -0.502 e. The molecule has 2 aromatic carbocycles. The minimum atomic E-state index is 0.0514. The van der Waals surface area contributed by atoms with E-state index in [0.29, 0.717) is 24.7 Å². The number of benzene rings is 2. The van der Waals surface area contributed by atoms with Gasteiger partial charge in [-0.3, -0.25) is 0 Å². The lowest BCUT2D eigenvalue weighted by Crippen LogP contribution is -1.97. The molecule has 21 heavy (non-hydrogen) atoms. The topological polar surface area (TPSA) is 38.7 Å². The van der Waals surface area contributed by atoms with Gasteiger partial charge in [0.1, 0.15) is 0 Å². The first kappa shape index (κ1) is 15.0. The number of phenols is 1. The Balaban J connectivity index is 2.32. The van der Waals surface area contributed by atoms with Gasteiger partial charge >= 0.3 is 0 Å². The van der Waals surface area contributed by atoms with Crippen molar-refractivity contribution in [3.8, 4) is 17.2 Å². The van der Waals surface area contributed by atoms with Gasteiger partial charge in [-0.1, -0.05) is 42.5 Å². The third-order valence-electron chi connectivity index (χ3n) is 2.93. The zero-order valence-corrected chi connectivity index (χ0v) is 12.4. The normalized spacial score (nSPS) is 10.8. The van der Waals surface area contributed by atoms with E-state index in [1.54, 1.807) is 12.1 Å². The number of hydrogen-bond donors (Lipinski definition) is 1. The Kier molecular flexibility index (Phi) is 5.27. The Morgan fingerprint density at radius 2 is 1.38 bits per heavy atom. The Bertz CT molecular complexity index is 576.